The number of nitrogens with one attached hydrogen (secondary N) is 2. The lowest BCUT2D eigenvalue weighted by atomic mass is 9.86. The van der Waals surface area contributed by atoms with Crippen LogP contribution in [0, 0.1) is 17.8 Å². The van der Waals surface area contributed by atoms with Crippen molar-refractivity contribution < 1.29 is 9.59 Å². The van der Waals surface area contributed by atoms with E-state index >= 15 is 0 Å². The monoisotopic (exact) mass is 264 g/mol. The van der Waals surface area contributed by atoms with E-state index in [1.807, 2.05) is 0 Å². The first-order valence-corrected chi connectivity index (χ1v) is 7.77. The van der Waals surface area contributed by atoms with Gasteiger partial charge in [-0.15, -0.1) is 0 Å². The molecule has 2 aliphatic carbocycles. The van der Waals surface area contributed by atoms with E-state index in [1.54, 1.807) is 0 Å². The Morgan fingerprint density at radius 1 is 1.26 bits per heavy atom. The van der Waals surface area contributed by atoms with E-state index in [0.29, 0.717) is 18.9 Å². The van der Waals surface area contributed by atoms with Gasteiger partial charge in [0.05, 0.1) is 0 Å². The van der Waals surface area contributed by atoms with Crippen molar-refractivity contribution in [3.8, 4) is 0 Å². The highest BCUT2D eigenvalue weighted by Gasteiger charge is 2.40. The molecule has 4 heteroatoms. The van der Waals surface area contributed by atoms with Gasteiger partial charge in [0, 0.05) is 25.4 Å². The maximum atomic E-state index is 11.9. The molecule has 2 amide bonds. The maximum absolute atomic E-state index is 11.9. The van der Waals surface area contributed by atoms with Gasteiger partial charge in [-0.05, 0) is 49.9 Å². The average Bonchev–Trinajstić information content (AvgIpc) is 3.06. The van der Waals surface area contributed by atoms with E-state index in [4.69, 9.17) is 0 Å². The normalized spacial score (nSPS) is 36.5. The fourth-order valence-electron chi connectivity index (χ4n) is 4.22. The minimum Gasteiger partial charge on any atom is -0.356 e. The molecule has 2 bridgehead atoms. The molecule has 0 aromatic carbocycles. The molecule has 106 valence electrons. The summed E-state index contributed by atoms with van der Waals surface area (Å²) in [5.74, 6) is 2.74. The molecule has 1 heterocycles. The number of rotatable bonds is 5. The minimum absolute atomic E-state index is 0.151. The Morgan fingerprint density at radius 2 is 2.16 bits per heavy atom. The fourth-order valence-corrected chi connectivity index (χ4v) is 4.22. The third kappa shape index (κ3) is 3.10. The lowest BCUT2D eigenvalue weighted by molar-refractivity contribution is -0.122. The number of hydrogen-bond donors (Lipinski definition) is 2. The lowest BCUT2D eigenvalue weighted by Crippen LogP contribution is -2.33. The summed E-state index contributed by atoms with van der Waals surface area (Å²) in [4.78, 5) is 23.0. The van der Waals surface area contributed by atoms with E-state index in [2.05, 4.69) is 10.6 Å². The first kappa shape index (κ1) is 12.9. The van der Waals surface area contributed by atoms with Crippen molar-refractivity contribution in [3.63, 3.8) is 0 Å². The molecule has 2 N–H and O–H groups in total. The number of fused-ring (bicyclic) bond motifs is 2. The standard InChI is InChI=1S/C15H24N2O2/c18-14-4-3-13(17-14)5-6-16-15(19)9-12-8-10-1-2-11(12)7-10/h10-13H,1-9H2,(H,16,19)(H,17,18)/t10?,11?,12?,13-/m0/s1. The SMILES string of the molecule is O=C(CC1CC2CCC1C2)NCC[C@@H]1CCC(=O)N1. The summed E-state index contributed by atoms with van der Waals surface area (Å²) in [6.45, 7) is 0.699. The highest BCUT2D eigenvalue weighted by Crippen LogP contribution is 2.49. The molecule has 0 aromatic heterocycles. The molecule has 1 aliphatic heterocycles. The van der Waals surface area contributed by atoms with E-state index in [0.717, 1.165) is 31.1 Å². The summed E-state index contributed by atoms with van der Waals surface area (Å²) in [5, 5.41) is 5.95. The van der Waals surface area contributed by atoms with Gasteiger partial charge in [-0.25, -0.2) is 0 Å². The summed E-state index contributed by atoms with van der Waals surface area (Å²) in [6, 6.07) is 0.273. The predicted molar refractivity (Wildman–Crippen MR) is 72.3 cm³/mol. The molecule has 4 atom stereocenters. The quantitative estimate of drug-likeness (QED) is 0.792. The van der Waals surface area contributed by atoms with Gasteiger partial charge in [0.1, 0.15) is 0 Å². The molecular weight excluding hydrogens is 240 g/mol. The molecule has 0 aromatic rings. The second-order valence-corrected chi connectivity index (χ2v) is 6.58. The molecule has 3 unspecified atom stereocenters. The maximum Gasteiger partial charge on any atom is 0.220 e. The summed E-state index contributed by atoms with van der Waals surface area (Å²) >= 11 is 0. The topological polar surface area (TPSA) is 58.2 Å². The van der Waals surface area contributed by atoms with Crippen LogP contribution >= 0.6 is 0 Å². The Morgan fingerprint density at radius 3 is 2.79 bits per heavy atom. The van der Waals surface area contributed by atoms with Gasteiger partial charge < -0.3 is 10.6 Å². The van der Waals surface area contributed by atoms with Crippen LogP contribution in [0.5, 0.6) is 0 Å². The van der Waals surface area contributed by atoms with Crippen LogP contribution in [0.4, 0.5) is 0 Å². The van der Waals surface area contributed by atoms with Crippen LogP contribution in [0.25, 0.3) is 0 Å². The first-order chi connectivity index (χ1) is 9.20. The molecule has 0 radical (unpaired) electrons. The van der Waals surface area contributed by atoms with Gasteiger partial charge in [0.15, 0.2) is 0 Å². The Balaban J connectivity index is 1.32. The summed E-state index contributed by atoms with van der Waals surface area (Å²) in [6.07, 6.45) is 8.53. The molecule has 2 saturated carbocycles. The zero-order valence-electron chi connectivity index (χ0n) is 11.5. The second kappa shape index (κ2) is 5.51. The van der Waals surface area contributed by atoms with Crippen molar-refractivity contribution in [2.24, 2.45) is 17.8 Å². The predicted octanol–water partition coefficient (Wildman–Crippen LogP) is 1.60. The average molecular weight is 264 g/mol. The van der Waals surface area contributed by atoms with Gasteiger partial charge in [0.2, 0.25) is 11.8 Å². The van der Waals surface area contributed by atoms with Gasteiger partial charge in [-0.2, -0.15) is 0 Å². The number of carbonyl (C=O) groups is 2. The molecule has 19 heavy (non-hydrogen) atoms. The van der Waals surface area contributed by atoms with Gasteiger partial charge in [-0.3, -0.25) is 9.59 Å². The Hall–Kier alpha value is -1.06. The molecule has 0 spiro atoms. The van der Waals surface area contributed by atoms with Crippen molar-refractivity contribution in [3.05, 3.63) is 0 Å². The highest BCUT2D eigenvalue weighted by molar-refractivity contribution is 5.78. The minimum atomic E-state index is 0.151. The van der Waals surface area contributed by atoms with Crippen LogP contribution < -0.4 is 10.6 Å². The lowest BCUT2D eigenvalue weighted by Gasteiger charge is -2.21. The Labute approximate surface area is 114 Å². The molecule has 4 nitrogen and oxygen atoms in total. The Kier molecular flexibility index (Phi) is 3.76. The smallest absolute Gasteiger partial charge is 0.220 e. The summed E-state index contributed by atoms with van der Waals surface area (Å²) in [7, 11) is 0. The summed E-state index contributed by atoms with van der Waals surface area (Å²) in [5.41, 5.74) is 0. The van der Waals surface area contributed by atoms with Crippen molar-refractivity contribution in [2.45, 2.75) is 57.4 Å². The molecular formula is C15H24N2O2. The van der Waals surface area contributed by atoms with Gasteiger partial charge >= 0.3 is 0 Å². The van der Waals surface area contributed by atoms with E-state index in [1.165, 1.54) is 25.7 Å². The van der Waals surface area contributed by atoms with Crippen molar-refractivity contribution >= 4 is 11.8 Å². The van der Waals surface area contributed by atoms with E-state index in [9.17, 15) is 9.59 Å². The molecule has 3 fully saturated rings. The van der Waals surface area contributed by atoms with Crippen molar-refractivity contribution in [1.82, 2.24) is 10.6 Å². The zero-order chi connectivity index (χ0) is 13.2. The number of hydrogen-bond acceptors (Lipinski definition) is 2. The molecule has 1 saturated heterocycles. The van der Waals surface area contributed by atoms with Gasteiger partial charge in [-0.1, -0.05) is 6.42 Å². The van der Waals surface area contributed by atoms with Crippen LogP contribution in [0.3, 0.4) is 0 Å². The summed E-state index contributed by atoms with van der Waals surface area (Å²) < 4.78 is 0. The van der Waals surface area contributed by atoms with Crippen LogP contribution in [-0.2, 0) is 9.59 Å². The third-order valence-electron chi connectivity index (χ3n) is 5.23. The van der Waals surface area contributed by atoms with Crippen LogP contribution in [0.2, 0.25) is 0 Å². The number of amides is 2. The van der Waals surface area contributed by atoms with Crippen molar-refractivity contribution in [2.75, 3.05) is 6.54 Å². The van der Waals surface area contributed by atoms with E-state index in [-0.39, 0.29) is 17.9 Å². The van der Waals surface area contributed by atoms with Gasteiger partial charge in [0.25, 0.3) is 0 Å². The molecule has 3 rings (SSSR count). The number of carbonyl (C=O) groups excluding carboxylic acids is 2. The van der Waals surface area contributed by atoms with Crippen LogP contribution in [0.15, 0.2) is 0 Å². The fraction of sp³-hybridized carbons (Fsp3) is 0.867. The first-order valence-electron chi connectivity index (χ1n) is 7.77. The highest BCUT2D eigenvalue weighted by atomic mass is 16.2. The van der Waals surface area contributed by atoms with Crippen LogP contribution in [0.1, 0.15) is 51.4 Å². The van der Waals surface area contributed by atoms with Crippen molar-refractivity contribution in [1.29, 1.82) is 0 Å². The second-order valence-electron chi connectivity index (χ2n) is 6.58. The molecule has 3 aliphatic rings. The Bertz CT molecular complexity index is 369. The third-order valence-corrected chi connectivity index (χ3v) is 5.23. The zero-order valence-corrected chi connectivity index (χ0v) is 11.5. The van der Waals surface area contributed by atoms with Crippen LogP contribution in [-0.4, -0.2) is 24.4 Å². The largest absolute Gasteiger partial charge is 0.356 e. The van der Waals surface area contributed by atoms with E-state index < -0.39 is 0 Å².